The summed E-state index contributed by atoms with van der Waals surface area (Å²) in [6.45, 7) is 0. The van der Waals surface area contributed by atoms with E-state index in [0.717, 1.165) is 6.07 Å². The van der Waals surface area contributed by atoms with Gasteiger partial charge in [-0.05, 0) is 18.2 Å². The third-order valence-electron chi connectivity index (χ3n) is 2.22. The van der Waals surface area contributed by atoms with Crippen LogP contribution in [-0.4, -0.2) is 12.1 Å². The highest BCUT2D eigenvalue weighted by atomic mass is 35.5. The number of ether oxygens (including phenoxy) is 1. The number of pyridine rings is 1. The summed E-state index contributed by atoms with van der Waals surface area (Å²) in [7, 11) is 1.39. The van der Waals surface area contributed by atoms with Gasteiger partial charge in [0.25, 0.3) is 0 Å². The smallest absolute Gasteiger partial charge is 0.167 e. The number of halogens is 3. The van der Waals surface area contributed by atoms with Gasteiger partial charge in [-0.15, -0.1) is 0 Å². The van der Waals surface area contributed by atoms with E-state index in [2.05, 4.69) is 10.3 Å². The maximum Gasteiger partial charge on any atom is 0.167 e. The number of anilines is 2. The van der Waals surface area contributed by atoms with Crippen molar-refractivity contribution in [2.24, 2.45) is 0 Å². The normalized spacial score (nSPS) is 10.2. The molecule has 1 N–H and O–H groups in total. The van der Waals surface area contributed by atoms with Crippen LogP contribution in [-0.2, 0) is 0 Å². The van der Waals surface area contributed by atoms with Crippen LogP contribution in [0.1, 0.15) is 0 Å². The minimum Gasteiger partial charge on any atom is -0.494 e. The molecular weight excluding hydrogens is 262 g/mol. The maximum absolute atomic E-state index is 13.5. The van der Waals surface area contributed by atoms with Crippen LogP contribution < -0.4 is 10.1 Å². The lowest BCUT2D eigenvalue weighted by Gasteiger charge is -2.11. The molecule has 0 unspecified atom stereocenters. The second kappa shape index (κ2) is 5.18. The zero-order valence-electron chi connectivity index (χ0n) is 9.38. The number of rotatable bonds is 3. The van der Waals surface area contributed by atoms with E-state index in [4.69, 9.17) is 16.3 Å². The Hall–Kier alpha value is -1.88. The van der Waals surface area contributed by atoms with Gasteiger partial charge in [0.1, 0.15) is 11.6 Å². The van der Waals surface area contributed by atoms with Crippen LogP contribution in [0.2, 0.25) is 5.02 Å². The van der Waals surface area contributed by atoms with E-state index in [0.29, 0.717) is 5.69 Å². The Morgan fingerprint density at radius 3 is 2.72 bits per heavy atom. The summed E-state index contributed by atoms with van der Waals surface area (Å²) in [6, 6.07) is 4.99. The van der Waals surface area contributed by atoms with Crippen LogP contribution in [0.3, 0.4) is 0 Å². The van der Waals surface area contributed by atoms with E-state index in [-0.39, 0.29) is 16.6 Å². The fraction of sp³-hybridized carbons (Fsp3) is 0.0833. The molecular formula is C12H9ClF2N2O. The predicted octanol–water partition coefficient (Wildman–Crippen LogP) is 3.77. The van der Waals surface area contributed by atoms with Crippen molar-refractivity contribution in [3.63, 3.8) is 0 Å². The average Bonchev–Trinajstić information content (AvgIpc) is 2.34. The highest BCUT2D eigenvalue weighted by Crippen LogP contribution is 2.28. The number of aromatic nitrogens is 1. The van der Waals surface area contributed by atoms with E-state index >= 15 is 0 Å². The van der Waals surface area contributed by atoms with Gasteiger partial charge < -0.3 is 10.1 Å². The van der Waals surface area contributed by atoms with E-state index < -0.39 is 11.6 Å². The molecule has 0 radical (unpaired) electrons. The lowest BCUT2D eigenvalue weighted by molar-refractivity contribution is 0.413. The molecule has 0 aliphatic heterocycles. The first-order valence-electron chi connectivity index (χ1n) is 5.02. The fourth-order valence-electron chi connectivity index (χ4n) is 1.40. The molecule has 2 rings (SSSR count). The lowest BCUT2D eigenvalue weighted by atomic mass is 10.2. The second-order valence-electron chi connectivity index (χ2n) is 3.45. The minimum absolute atomic E-state index is 0.00990. The largest absolute Gasteiger partial charge is 0.494 e. The summed E-state index contributed by atoms with van der Waals surface area (Å²) in [4.78, 5) is 3.80. The van der Waals surface area contributed by atoms with E-state index in [1.54, 1.807) is 0 Å². The Bertz CT molecular complexity index is 578. The summed E-state index contributed by atoms with van der Waals surface area (Å²) < 4.78 is 31.5. The van der Waals surface area contributed by atoms with Crippen molar-refractivity contribution in [2.75, 3.05) is 12.4 Å². The lowest BCUT2D eigenvalue weighted by Crippen LogP contribution is -1.99. The molecule has 1 heterocycles. The summed E-state index contributed by atoms with van der Waals surface area (Å²) in [5.74, 6) is -0.800. The van der Waals surface area contributed by atoms with Crippen molar-refractivity contribution in [3.8, 4) is 5.75 Å². The van der Waals surface area contributed by atoms with Gasteiger partial charge in [-0.3, -0.25) is 0 Å². The number of hydrogen-bond acceptors (Lipinski definition) is 3. The van der Waals surface area contributed by atoms with E-state index in [9.17, 15) is 8.78 Å². The van der Waals surface area contributed by atoms with Crippen LogP contribution in [0.15, 0.2) is 30.5 Å². The quantitative estimate of drug-likeness (QED) is 0.922. The van der Waals surface area contributed by atoms with Gasteiger partial charge in [-0.25, -0.2) is 13.8 Å². The molecule has 3 nitrogen and oxygen atoms in total. The number of hydrogen-bond donors (Lipinski definition) is 1. The summed E-state index contributed by atoms with van der Waals surface area (Å²) >= 11 is 5.59. The third-order valence-corrected chi connectivity index (χ3v) is 2.43. The molecule has 0 aliphatic rings. The summed E-state index contributed by atoms with van der Waals surface area (Å²) in [5, 5.41) is 2.91. The number of methoxy groups -OCH3 is 1. The molecule has 94 valence electrons. The Morgan fingerprint density at radius 1 is 1.28 bits per heavy atom. The molecule has 0 fully saturated rings. The second-order valence-corrected chi connectivity index (χ2v) is 3.89. The molecule has 1 aromatic carbocycles. The molecule has 1 aromatic heterocycles. The summed E-state index contributed by atoms with van der Waals surface area (Å²) in [6.07, 6.45) is 1.31. The van der Waals surface area contributed by atoms with Crippen LogP contribution in [0.25, 0.3) is 0 Å². The highest BCUT2D eigenvalue weighted by molar-refractivity contribution is 6.30. The third kappa shape index (κ3) is 2.68. The van der Waals surface area contributed by atoms with Gasteiger partial charge in [-0.1, -0.05) is 11.6 Å². The Morgan fingerprint density at radius 2 is 2.06 bits per heavy atom. The minimum atomic E-state index is -0.603. The number of nitrogens with one attached hydrogen (secondary N) is 1. The van der Waals surface area contributed by atoms with Gasteiger partial charge in [0.2, 0.25) is 0 Å². The zero-order chi connectivity index (χ0) is 13.1. The SMILES string of the molecule is COc1cc(F)ccc1Nc1ncc(Cl)cc1F. The monoisotopic (exact) mass is 270 g/mol. The predicted molar refractivity (Wildman–Crippen MR) is 65.4 cm³/mol. The van der Waals surface area contributed by atoms with Crippen molar-refractivity contribution in [3.05, 3.63) is 47.1 Å². The van der Waals surface area contributed by atoms with E-state index in [1.807, 2.05) is 0 Å². The number of nitrogens with zero attached hydrogens (tertiary/aromatic N) is 1. The molecule has 0 aliphatic carbocycles. The highest BCUT2D eigenvalue weighted by Gasteiger charge is 2.09. The molecule has 0 bridgehead atoms. The van der Waals surface area contributed by atoms with Crippen LogP contribution in [0.5, 0.6) is 5.75 Å². The Kier molecular flexibility index (Phi) is 3.62. The Balaban J connectivity index is 2.33. The first kappa shape index (κ1) is 12.6. The number of benzene rings is 1. The van der Waals surface area contributed by atoms with Crippen molar-refractivity contribution in [1.82, 2.24) is 4.98 Å². The van der Waals surface area contributed by atoms with Gasteiger partial charge >= 0.3 is 0 Å². The van der Waals surface area contributed by atoms with Crippen LogP contribution in [0, 0.1) is 11.6 Å². The van der Waals surface area contributed by atoms with Gasteiger partial charge in [0.15, 0.2) is 11.6 Å². The summed E-state index contributed by atoms with van der Waals surface area (Å²) in [5.41, 5.74) is 0.410. The molecule has 2 aromatic rings. The molecule has 0 atom stereocenters. The standard InChI is InChI=1S/C12H9ClF2N2O/c1-18-11-5-8(14)2-3-10(11)17-12-9(15)4-7(13)6-16-12/h2-6H,1H3,(H,16,17). The molecule has 0 amide bonds. The maximum atomic E-state index is 13.5. The van der Waals surface area contributed by atoms with Crippen molar-refractivity contribution in [2.45, 2.75) is 0 Å². The van der Waals surface area contributed by atoms with Crippen LogP contribution >= 0.6 is 11.6 Å². The van der Waals surface area contributed by atoms with Crippen molar-refractivity contribution in [1.29, 1.82) is 0 Å². The van der Waals surface area contributed by atoms with E-state index in [1.165, 1.54) is 31.5 Å². The zero-order valence-corrected chi connectivity index (χ0v) is 10.1. The molecule has 6 heteroatoms. The molecule has 0 spiro atoms. The van der Waals surface area contributed by atoms with Crippen molar-refractivity contribution >= 4 is 23.1 Å². The fourth-order valence-corrected chi connectivity index (χ4v) is 1.55. The first-order chi connectivity index (χ1) is 8.60. The Labute approximate surface area is 107 Å². The molecule has 0 saturated heterocycles. The van der Waals surface area contributed by atoms with Crippen molar-refractivity contribution < 1.29 is 13.5 Å². The van der Waals surface area contributed by atoms with Gasteiger partial charge in [0.05, 0.1) is 17.8 Å². The average molecular weight is 271 g/mol. The van der Waals surface area contributed by atoms with Crippen LogP contribution in [0.4, 0.5) is 20.3 Å². The molecule has 18 heavy (non-hydrogen) atoms. The topological polar surface area (TPSA) is 34.1 Å². The van der Waals surface area contributed by atoms with Gasteiger partial charge in [0, 0.05) is 12.3 Å². The first-order valence-corrected chi connectivity index (χ1v) is 5.39. The van der Waals surface area contributed by atoms with Gasteiger partial charge in [-0.2, -0.15) is 0 Å². The molecule has 0 saturated carbocycles.